The second-order valence-corrected chi connectivity index (χ2v) is 9.20. The lowest BCUT2D eigenvalue weighted by Crippen LogP contribution is -2.79. The Hall–Kier alpha value is -1.43. The zero-order chi connectivity index (χ0) is 18.4. The summed E-state index contributed by atoms with van der Waals surface area (Å²) >= 11 is 0. The lowest BCUT2D eigenvalue weighted by atomic mass is 9.82. The minimum atomic E-state index is -0.239. The van der Waals surface area contributed by atoms with Gasteiger partial charge in [-0.25, -0.2) is 0 Å². The molecule has 27 heavy (non-hydrogen) atoms. The molecule has 146 valence electrons. The fourth-order valence-corrected chi connectivity index (χ4v) is 6.00. The van der Waals surface area contributed by atoms with Crippen molar-refractivity contribution in [2.45, 2.75) is 62.3 Å². The van der Waals surface area contributed by atoms with Crippen molar-refractivity contribution < 1.29 is 9.90 Å². The lowest BCUT2D eigenvalue weighted by Gasteiger charge is -2.62. The standard InChI is InChI=1S/C22H31N3O2/c26-20-11-19-12-23(21(27)10-17-6-2-1-3-7-17)14-22(25(19)13-20)15-24(16-22)18-8-4-5-9-18/h1-3,6-7,18-20,26H,4-5,8-16H2/t19-,20+/m0/s1. The maximum atomic E-state index is 13.0. The normalized spacial score (nSPS) is 31.2. The molecule has 3 heterocycles. The minimum Gasteiger partial charge on any atom is -0.392 e. The lowest BCUT2D eigenvalue weighted by molar-refractivity contribution is -0.153. The zero-order valence-corrected chi connectivity index (χ0v) is 16.1. The third-order valence-corrected chi connectivity index (χ3v) is 7.30. The van der Waals surface area contributed by atoms with Gasteiger partial charge in [-0.3, -0.25) is 14.6 Å². The number of aliphatic hydroxyl groups is 1. The number of rotatable bonds is 3. The largest absolute Gasteiger partial charge is 0.392 e. The van der Waals surface area contributed by atoms with Gasteiger partial charge in [0.15, 0.2) is 0 Å². The second kappa shape index (κ2) is 6.87. The summed E-state index contributed by atoms with van der Waals surface area (Å²) in [5.41, 5.74) is 1.15. The van der Waals surface area contributed by atoms with Crippen LogP contribution in [0.25, 0.3) is 0 Å². The molecule has 4 fully saturated rings. The minimum absolute atomic E-state index is 0.0648. The summed E-state index contributed by atoms with van der Waals surface area (Å²) in [5, 5.41) is 10.3. The summed E-state index contributed by atoms with van der Waals surface area (Å²) in [7, 11) is 0. The number of β-amino-alcohol motifs (C(OH)–C–C–N with tert-alkyl or cyclic N) is 1. The highest BCUT2D eigenvalue weighted by molar-refractivity contribution is 5.79. The van der Waals surface area contributed by atoms with Gasteiger partial charge in [-0.1, -0.05) is 43.2 Å². The molecule has 1 spiro atoms. The Morgan fingerprint density at radius 2 is 1.78 bits per heavy atom. The number of aliphatic hydroxyl groups excluding tert-OH is 1. The molecule has 5 nitrogen and oxygen atoms in total. The number of benzene rings is 1. The topological polar surface area (TPSA) is 47.0 Å². The predicted molar refractivity (Wildman–Crippen MR) is 104 cm³/mol. The van der Waals surface area contributed by atoms with Crippen molar-refractivity contribution in [1.29, 1.82) is 0 Å². The molecule has 3 saturated heterocycles. The van der Waals surface area contributed by atoms with Crippen LogP contribution in [0.3, 0.4) is 0 Å². The van der Waals surface area contributed by atoms with Crippen molar-refractivity contribution in [1.82, 2.24) is 14.7 Å². The fraction of sp³-hybridized carbons (Fsp3) is 0.682. The van der Waals surface area contributed by atoms with E-state index in [9.17, 15) is 9.90 Å². The quantitative estimate of drug-likeness (QED) is 0.877. The van der Waals surface area contributed by atoms with E-state index in [0.29, 0.717) is 12.5 Å². The Kier molecular flexibility index (Phi) is 4.49. The molecular weight excluding hydrogens is 338 g/mol. The zero-order valence-electron chi connectivity index (χ0n) is 16.1. The van der Waals surface area contributed by atoms with Crippen molar-refractivity contribution in [3.8, 4) is 0 Å². The number of fused-ring (bicyclic) bond motifs is 2. The Labute approximate surface area is 161 Å². The SMILES string of the molecule is O=C(Cc1ccccc1)N1C[C@@H]2C[C@@H](O)CN2C2(C1)CN(C1CCCC1)C2. The first-order valence-electron chi connectivity index (χ1n) is 10.6. The monoisotopic (exact) mass is 369 g/mol. The Morgan fingerprint density at radius 3 is 2.52 bits per heavy atom. The average Bonchev–Trinajstić information content (AvgIpc) is 3.28. The van der Waals surface area contributed by atoms with E-state index >= 15 is 0 Å². The average molecular weight is 370 g/mol. The fourth-order valence-electron chi connectivity index (χ4n) is 6.00. The van der Waals surface area contributed by atoms with Crippen LogP contribution < -0.4 is 0 Å². The van der Waals surface area contributed by atoms with Gasteiger partial charge in [0.25, 0.3) is 0 Å². The van der Waals surface area contributed by atoms with E-state index < -0.39 is 0 Å². The smallest absolute Gasteiger partial charge is 0.227 e. The molecule has 1 N–H and O–H groups in total. The van der Waals surface area contributed by atoms with E-state index in [4.69, 9.17) is 0 Å². The van der Waals surface area contributed by atoms with Gasteiger partial charge in [-0.15, -0.1) is 0 Å². The van der Waals surface area contributed by atoms with Crippen molar-refractivity contribution in [2.75, 3.05) is 32.7 Å². The van der Waals surface area contributed by atoms with E-state index in [1.54, 1.807) is 0 Å². The van der Waals surface area contributed by atoms with E-state index in [1.165, 1.54) is 25.7 Å². The molecule has 0 bridgehead atoms. The van der Waals surface area contributed by atoms with Gasteiger partial charge in [-0.05, 0) is 24.8 Å². The van der Waals surface area contributed by atoms with E-state index in [-0.39, 0.29) is 17.6 Å². The van der Waals surface area contributed by atoms with Gasteiger partial charge in [0.2, 0.25) is 5.91 Å². The van der Waals surface area contributed by atoms with E-state index in [0.717, 1.165) is 50.7 Å². The molecule has 0 unspecified atom stereocenters. The number of carbonyl (C=O) groups excluding carboxylic acids is 1. The Bertz CT molecular complexity index is 682. The molecule has 4 aliphatic rings. The van der Waals surface area contributed by atoms with Gasteiger partial charge in [0.05, 0.1) is 18.1 Å². The molecule has 5 heteroatoms. The number of piperazine rings is 1. The van der Waals surface area contributed by atoms with Gasteiger partial charge < -0.3 is 10.0 Å². The molecule has 3 aliphatic heterocycles. The van der Waals surface area contributed by atoms with Crippen LogP contribution >= 0.6 is 0 Å². The second-order valence-electron chi connectivity index (χ2n) is 9.20. The number of hydrogen-bond donors (Lipinski definition) is 1. The van der Waals surface area contributed by atoms with Crippen LogP contribution in [0.2, 0.25) is 0 Å². The number of nitrogens with zero attached hydrogens (tertiary/aromatic N) is 3. The summed E-state index contributed by atoms with van der Waals surface area (Å²) in [6, 6.07) is 11.1. The van der Waals surface area contributed by atoms with Crippen LogP contribution in [0.15, 0.2) is 30.3 Å². The number of likely N-dealkylation sites (tertiary alicyclic amines) is 1. The molecule has 0 radical (unpaired) electrons. The van der Waals surface area contributed by atoms with Gasteiger partial charge in [0, 0.05) is 44.8 Å². The third kappa shape index (κ3) is 3.20. The highest BCUT2D eigenvalue weighted by Crippen LogP contribution is 2.41. The number of amides is 1. The number of carbonyl (C=O) groups is 1. The molecule has 2 atom stereocenters. The molecule has 1 aromatic rings. The highest BCUT2D eigenvalue weighted by Gasteiger charge is 2.57. The van der Waals surface area contributed by atoms with Gasteiger partial charge in [0.1, 0.15) is 0 Å². The maximum Gasteiger partial charge on any atom is 0.227 e. The maximum absolute atomic E-state index is 13.0. The predicted octanol–water partition coefficient (Wildman–Crippen LogP) is 1.50. The van der Waals surface area contributed by atoms with Crippen molar-refractivity contribution in [2.24, 2.45) is 0 Å². The number of hydrogen-bond acceptors (Lipinski definition) is 4. The highest BCUT2D eigenvalue weighted by atomic mass is 16.3. The summed E-state index contributed by atoms with van der Waals surface area (Å²) in [5.74, 6) is 0.237. The third-order valence-electron chi connectivity index (χ3n) is 7.30. The first-order chi connectivity index (χ1) is 13.1. The summed E-state index contributed by atoms with van der Waals surface area (Å²) < 4.78 is 0. The van der Waals surface area contributed by atoms with Crippen LogP contribution in [0.1, 0.15) is 37.7 Å². The van der Waals surface area contributed by atoms with Gasteiger partial charge >= 0.3 is 0 Å². The van der Waals surface area contributed by atoms with E-state index in [1.807, 2.05) is 30.3 Å². The van der Waals surface area contributed by atoms with Crippen molar-refractivity contribution in [3.63, 3.8) is 0 Å². The first-order valence-corrected chi connectivity index (χ1v) is 10.6. The van der Waals surface area contributed by atoms with Crippen molar-refractivity contribution >= 4 is 5.91 Å². The summed E-state index contributed by atoms with van der Waals surface area (Å²) in [6.45, 7) is 4.51. The molecule has 1 amide bonds. The summed E-state index contributed by atoms with van der Waals surface area (Å²) in [4.78, 5) is 20.3. The van der Waals surface area contributed by atoms with Crippen LogP contribution in [0.4, 0.5) is 0 Å². The molecule has 5 rings (SSSR count). The molecule has 1 aliphatic carbocycles. The van der Waals surface area contributed by atoms with Crippen LogP contribution in [0, 0.1) is 0 Å². The Balaban J connectivity index is 1.31. The van der Waals surface area contributed by atoms with Crippen LogP contribution in [-0.4, -0.2) is 82.2 Å². The van der Waals surface area contributed by atoms with Crippen molar-refractivity contribution in [3.05, 3.63) is 35.9 Å². The van der Waals surface area contributed by atoms with E-state index in [2.05, 4.69) is 14.7 Å². The first kappa shape index (κ1) is 17.7. The van der Waals surface area contributed by atoms with Crippen LogP contribution in [-0.2, 0) is 11.2 Å². The molecule has 0 aromatic heterocycles. The van der Waals surface area contributed by atoms with Gasteiger partial charge in [-0.2, -0.15) is 0 Å². The molecular formula is C22H31N3O2. The molecule has 1 saturated carbocycles. The van der Waals surface area contributed by atoms with Crippen LogP contribution in [0.5, 0.6) is 0 Å². The Morgan fingerprint density at radius 1 is 1.04 bits per heavy atom. The molecule has 1 aromatic carbocycles. The summed E-state index contributed by atoms with van der Waals surface area (Å²) in [6.07, 6.45) is 6.44.